The summed E-state index contributed by atoms with van der Waals surface area (Å²) in [5.41, 5.74) is 3.77. The fraction of sp³-hybridized carbons (Fsp3) is 0.438. The van der Waals surface area contributed by atoms with E-state index in [0.29, 0.717) is 13.0 Å². The Kier molecular flexibility index (Phi) is 3.28. The van der Waals surface area contributed by atoms with Gasteiger partial charge in [-0.3, -0.25) is 4.79 Å². The summed E-state index contributed by atoms with van der Waals surface area (Å²) in [6, 6.07) is 8.38. The van der Waals surface area contributed by atoms with Crippen molar-refractivity contribution in [1.29, 1.82) is 0 Å². The van der Waals surface area contributed by atoms with Gasteiger partial charge in [0.05, 0.1) is 13.0 Å². The average molecular weight is 257 g/mol. The highest BCUT2D eigenvalue weighted by Crippen LogP contribution is 2.31. The average Bonchev–Trinajstić information content (AvgIpc) is 2.75. The Morgan fingerprint density at radius 1 is 1.32 bits per heavy atom. The van der Waals surface area contributed by atoms with Crippen LogP contribution in [0.3, 0.4) is 0 Å². The van der Waals surface area contributed by atoms with Crippen LogP contribution in [-0.4, -0.2) is 17.1 Å². The zero-order valence-electron chi connectivity index (χ0n) is 11.3. The largest absolute Gasteiger partial charge is 0.466 e. The Balaban J connectivity index is 2.09. The van der Waals surface area contributed by atoms with E-state index in [1.807, 2.05) is 13.0 Å². The summed E-state index contributed by atoms with van der Waals surface area (Å²) < 4.78 is 7.49. The number of nitrogens with zero attached hydrogens (tertiary/aromatic N) is 1. The minimum Gasteiger partial charge on any atom is -0.466 e. The molecule has 0 bridgehead atoms. The molecular weight excluding hydrogens is 238 g/mol. The number of hydrogen-bond acceptors (Lipinski definition) is 2. The molecule has 0 spiro atoms. The molecule has 0 saturated heterocycles. The number of para-hydroxylation sites is 1. The smallest absolute Gasteiger partial charge is 0.310 e. The zero-order chi connectivity index (χ0) is 13.2. The van der Waals surface area contributed by atoms with E-state index in [1.165, 1.54) is 35.0 Å². The third kappa shape index (κ3) is 2.14. The SMILES string of the molecule is CCOC(=O)Cc1c2n(c3ccccc13)CCCC2. The highest BCUT2D eigenvalue weighted by molar-refractivity contribution is 5.89. The number of fused-ring (bicyclic) bond motifs is 3. The number of aromatic nitrogens is 1. The number of benzene rings is 1. The van der Waals surface area contributed by atoms with Crippen LogP contribution in [0.15, 0.2) is 24.3 Å². The molecule has 2 aromatic rings. The van der Waals surface area contributed by atoms with Crippen molar-refractivity contribution in [2.75, 3.05) is 6.61 Å². The molecule has 1 aliphatic heterocycles. The van der Waals surface area contributed by atoms with E-state index in [4.69, 9.17) is 4.74 Å². The Labute approximate surface area is 113 Å². The quantitative estimate of drug-likeness (QED) is 0.791. The summed E-state index contributed by atoms with van der Waals surface area (Å²) in [6.45, 7) is 3.37. The highest BCUT2D eigenvalue weighted by atomic mass is 16.5. The molecule has 0 aliphatic carbocycles. The molecule has 0 amide bonds. The number of hydrogen-bond donors (Lipinski definition) is 0. The van der Waals surface area contributed by atoms with Crippen molar-refractivity contribution in [3.8, 4) is 0 Å². The van der Waals surface area contributed by atoms with E-state index in [1.54, 1.807) is 0 Å². The van der Waals surface area contributed by atoms with Crippen molar-refractivity contribution in [3.63, 3.8) is 0 Å². The first-order valence-corrected chi connectivity index (χ1v) is 7.06. The Hall–Kier alpha value is -1.77. The van der Waals surface area contributed by atoms with Gasteiger partial charge in [-0.25, -0.2) is 0 Å². The van der Waals surface area contributed by atoms with Crippen molar-refractivity contribution in [1.82, 2.24) is 4.57 Å². The van der Waals surface area contributed by atoms with Gasteiger partial charge in [-0.1, -0.05) is 18.2 Å². The van der Waals surface area contributed by atoms with Crippen LogP contribution >= 0.6 is 0 Å². The Morgan fingerprint density at radius 2 is 2.16 bits per heavy atom. The van der Waals surface area contributed by atoms with Crippen LogP contribution in [0.25, 0.3) is 10.9 Å². The predicted octanol–water partition coefficient (Wildman–Crippen LogP) is 3.08. The molecule has 2 heterocycles. The molecule has 1 aliphatic rings. The van der Waals surface area contributed by atoms with Crippen molar-refractivity contribution in [2.24, 2.45) is 0 Å². The van der Waals surface area contributed by atoms with Gasteiger partial charge in [0, 0.05) is 23.1 Å². The molecule has 0 atom stereocenters. The lowest BCUT2D eigenvalue weighted by Crippen LogP contribution is -2.13. The van der Waals surface area contributed by atoms with Crippen LogP contribution in [0.1, 0.15) is 31.0 Å². The van der Waals surface area contributed by atoms with Crippen LogP contribution < -0.4 is 0 Å². The number of ether oxygens (including phenoxy) is 1. The number of carbonyl (C=O) groups is 1. The van der Waals surface area contributed by atoms with Crippen molar-refractivity contribution >= 4 is 16.9 Å². The second-order valence-corrected chi connectivity index (χ2v) is 5.03. The predicted molar refractivity (Wildman–Crippen MR) is 75.2 cm³/mol. The third-order valence-corrected chi connectivity index (χ3v) is 3.87. The monoisotopic (exact) mass is 257 g/mol. The molecule has 1 aromatic carbocycles. The van der Waals surface area contributed by atoms with Crippen molar-refractivity contribution in [2.45, 2.75) is 39.2 Å². The van der Waals surface area contributed by atoms with E-state index in [-0.39, 0.29) is 5.97 Å². The third-order valence-electron chi connectivity index (χ3n) is 3.87. The molecule has 0 fully saturated rings. The van der Waals surface area contributed by atoms with Crippen molar-refractivity contribution < 1.29 is 9.53 Å². The second-order valence-electron chi connectivity index (χ2n) is 5.03. The Morgan fingerprint density at radius 3 is 3.00 bits per heavy atom. The first-order chi connectivity index (χ1) is 9.31. The fourth-order valence-corrected chi connectivity index (χ4v) is 3.09. The van der Waals surface area contributed by atoms with E-state index < -0.39 is 0 Å². The maximum atomic E-state index is 11.8. The van der Waals surface area contributed by atoms with E-state index >= 15 is 0 Å². The molecule has 1 aromatic heterocycles. The van der Waals surface area contributed by atoms with Crippen molar-refractivity contribution in [3.05, 3.63) is 35.5 Å². The van der Waals surface area contributed by atoms with Gasteiger partial charge in [0.15, 0.2) is 0 Å². The molecule has 3 rings (SSSR count). The fourth-order valence-electron chi connectivity index (χ4n) is 3.09. The molecule has 0 N–H and O–H groups in total. The standard InChI is InChI=1S/C16H19NO2/c1-2-19-16(18)11-13-12-7-3-4-8-14(12)17-10-6-5-9-15(13)17/h3-4,7-8H,2,5-6,9-11H2,1H3. The van der Waals surface area contributed by atoms with Gasteiger partial charge in [0.1, 0.15) is 0 Å². The minimum absolute atomic E-state index is 0.118. The summed E-state index contributed by atoms with van der Waals surface area (Å²) in [5, 5.41) is 1.22. The summed E-state index contributed by atoms with van der Waals surface area (Å²) in [5.74, 6) is -0.118. The number of esters is 1. The molecule has 3 heteroatoms. The topological polar surface area (TPSA) is 31.2 Å². The normalized spacial score (nSPS) is 14.4. The zero-order valence-corrected chi connectivity index (χ0v) is 11.3. The lowest BCUT2D eigenvalue weighted by atomic mass is 10.0. The van der Waals surface area contributed by atoms with Crippen LogP contribution in [0.4, 0.5) is 0 Å². The van der Waals surface area contributed by atoms with Gasteiger partial charge in [-0.15, -0.1) is 0 Å². The summed E-state index contributed by atoms with van der Waals surface area (Å²) in [4.78, 5) is 11.8. The molecule has 19 heavy (non-hydrogen) atoms. The Bertz CT molecular complexity index is 612. The van der Waals surface area contributed by atoms with Crippen LogP contribution in [0.2, 0.25) is 0 Å². The van der Waals surface area contributed by atoms with Crippen LogP contribution in [-0.2, 0) is 28.9 Å². The molecule has 0 unspecified atom stereocenters. The summed E-state index contributed by atoms with van der Waals surface area (Å²) in [6.07, 6.45) is 3.91. The van der Waals surface area contributed by atoms with Gasteiger partial charge in [-0.05, 0) is 37.8 Å². The van der Waals surface area contributed by atoms with Crippen LogP contribution in [0, 0.1) is 0 Å². The number of rotatable bonds is 3. The lowest BCUT2D eigenvalue weighted by molar-refractivity contribution is -0.142. The summed E-state index contributed by atoms with van der Waals surface area (Å²) >= 11 is 0. The second kappa shape index (κ2) is 5.08. The number of aryl methyl sites for hydroxylation is 1. The molecule has 0 saturated carbocycles. The first kappa shape index (κ1) is 12.3. The van der Waals surface area contributed by atoms with Crippen LogP contribution in [0.5, 0.6) is 0 Å². The summed E-state index contributed by atoms with van der Waals surface area (Å²) in [7, 11) is 0. The van der Waals surface area contributed by atoms with E-state index in [0.717, 1.165) is 13.0 Å². The maximum Gasteiger partial charge on any atom is 0.310 e. The minimum atomic E-state index is -0.118. The van der Waals surface area contributed by atoms with Gasteiger partial charge in [-0.2, -0.15) is 0 Å². The van der Waals surface area contributed by atoms with E-state index in [2.05, 4.69) is 22.8 Å². The highest BCUT2D eigenvalue weighted by Gasteiger charge is 2.21. The molecular formula is C16H19NO2. The molecule has 3 nitrogen and oxygen atoms in total. The van der Waals surface area contributed by atoms with Gasteiger partial charge >= 0.3 is 5.97 Å². The number of carbonyl (C=O) groups excluding carboxylic acids is 1. The molecule has 0 radical (unpaired) electrons. The molecule has 100 valence electrons. The first-order valence-electron chi connectivity index (χ1n) is 7.06. The van der Waals surface area contributed by atoms with Gasteiger partial charge < -0.3 is 9.30 Å². The van der Waals surface area contributed by atoms with Gasteiger partial charge in [0.25, 0.3) is 0 Å². The van der Waals surface area contributed by atoms with Gasteiger partial charge in [0.2, 0.25) is 0 Å². The van der Waals surface area contributed by atoms with E-state index in [9.17, 15) is 4.79 Å². The lowest BCUT2D eigenvalue weighted by Gasteiger charge is -2.17. The maximum absolute atomic E-state index is 11.8.